The van der Waals surface area contributed by atoms with E-state index >= 15 is 0 Å². The number of allylic oxidation sites excluding steroid dienone is 3. The van der Waals surface area contributed by atoms with E-state index in [2.05, 4.69) is 31.3 Å². The van der Waals surface area contributed by atoms with Crippen molar-refractivity contribution in [3.63, 3.8) is 0 Å². The minimum Gasteiger partial charge on any atom is -0.393 e. The maximum Gasteiger partial charge on any atom is 0.472 e. The van der Waals surface area contributed by atoms with Gasteiger partial charge in [0.05, 0.1) is 31.3 Å². The zero-order valence-corrected chi connectivity index (χ0v) is 41.1. The number of carbonyl (C=O) groups is 1. The molecule has 1 aliphatic carbocycles. The zero-order chi connectivity index (χ0) is 47.3. The molecule has 378 valence electrons. The van der Waals surface area contributed by atoms with Gasteiger partial charge in [-0.3, -0.25) is 13.8 Å². The minimum atomic E-state index is -5.15. The minimum absolute atomic E-state index is 0.249. The quantitative estimate of drug-likeness (QED) is 0.0158. The summed E-state index contributed by atoms with van der Waals surface area (Å²) in [7, 11) is -5.15. The molecule has 0 aromatic carbocycles. The van der Waals surface area contributed by atoms with Crippen LogP contribution < -0.4 is 5.32 Å². The summed E-state index contributed by atoms with van der Waals surface area (Å²) in [5.74, 6) is -0.599. The number of aliphatic hydroxyl groups is 7. The summed E-state index contributed by atoms with van der Waals surface area (Å²) in [6.45, 7) is 3.75. The second-order valence-corrected chi connectivity index (χ2v) is 20.0. The van der Waals surface area contributed by atoms with Gasteiger partial charge in [-0.15, -0.1) is 0 Å². The van der Waals surface area contributed by atoms with Gasteiger partial charge in [0.2, 0.25) is 5.91 Å². The SMILES string of the molecule is CCCCCCCCCCCCCCC/C=C/CC/C=C/C(O)C(COP(=O)(O)OC1C(O)C(O)C(O)C(O)C1O)NC(=O)CC(O)CCCCCCCCCCCCCCCCC. The Morgan fingerprint density at radius 1 is 0.547 bits per heavy atom. The Kier molecular flexibility index (Phi) is 37.8. The average molecular weight is 934 g/mol. The van der Waals surface area contributed by atoms with E-state index in [4.69, 9.17) is 9.05 Å². The van der Waals surface area contributed by atoms with E-state index in [-0.39, 0.29) is 6.42 Å². The summed E-state index contributed by atoms with van der Waals surface area (Å²) < 4.78 is 22.9. The molecule has 1 aliphatic rings. The maximum absolute atomic E-state index is 13.0. The van der Waals surface area contributed by atoms with E-state index in [1.165, 1.54) is 154 Å². The van der Waals surface area contributed by atoms with Crippen molar-refractivity contribution in [2.75, 3.05) is 6.61 Å². The molecule has 8 atom stereocenters. The lowest BCUT2D eigenvalue weighted by Gasteiger charge is -2.41. The summed E-state index contributed by atoms with van der Waals surface area (Å²) in [4.78, 5) is 23.5. The van der Waals surface area contributed by atoms with Crippen molar-refractivity contribution in [3.05, 3.63) is 24.3 Å². The van der Waals surface area contributed by atoms with Crippen LogP contribution in [0.15, 0.2) is 24.3 Å². The Labute approximate surface area is 388 Å². The molecule has 1 amide bonds. The van der Waals surface area contributed by atoms with Crippen LogP contribution in [-0.2, 0) is 18.4 Å². The highest BCUT2D eigenvalue weighted by atomic mass is 31.2. The van der Waals surface area contributed by atoms with E-state index in [0.717, 1.165) is 44.9 Å². The van der Waals surface area contributed by atoms with E-state index < -0.39 is 75.2 Å². The third-order valence-corrected chi connectivity index (χ3v) is 13.5. The highest BCUT2D eigenvalue weighted by Crippen LogP contribution is 2.47. The number of rotatable bonds is 43. The molecule has 8 unspecified atom stereocenters. The highest BCUT2D eigenvalue weighted by Gasteiger charge is 2.51. The molecule has 1 rings (SSSR count). The standard InChI is InChI=1S/C50H96NO12P/c1-3-5-7-9-11-13-15-17-19-20-21-22-24-26-28-30-32-34-36-38-43(53)42(40-62-64(60,61)63-50-48(58)46(56)45(55)47(57)49(50)59)51-44(54)39-41(52)37-35-33-31-29-27-25-23-18-16-14-12-10-8-6-4-2/h28,30,36,38,41-43,45-50,52-53,55-59H,3-27,29,31-35,37,39-40H2,1-2H3,(H,51,54)(H,60,61)/b30-28+,38-36+. The lowest BCUT2D eigenvalue weighted by molar-refractivity contribution is -0.220. The Morgan fingerprint density at radius 3 is 1.38 bits per heavy atom. The summed E-state index contributed by atoms with van der Waals surface area (Å²) in [6, 6.07) is -1.25. The van der Waals surface area contributed by atoms with Crippen molar-refractivity contribution >= 4 is 13.7 Å². The summed E-state index contributed by atoms with van der Waals surface area (Å²) >= 11 is 0. The van der Waals surface area contributed by atoms with Crippen molar-refractivity contribution in [1.29, 1.82) is 0 Å². The van der Waals surface area contributed by atoms with E-state index in [1.54, 1.807) is 6.08 Å². The number of phosphoric acid groups is 1. The molecule has 9 N–H and O–H groups in total. The first-order valence-electron chi connectivity index (χ1n) is 25.9. The Bertz CT molecular complexity index is 1190. The monoisotopic (exact) mass is 934 g/mol. The van der Waals surface area contributed by atoms with Crippen LogP contribution in [0.3, 0.4) is 0 Å². The second-order valence-electron chi connectivity index (χ2n) is 18.6. The number of hydrogen-bond acceptors (Lipinski definition) is 11. The molecule has 64 heavy (non-hydrogen) atoms. The fourth-order valence-electron chi connectivity index (χ4n) is 8.32. The lowest BCUT2D eigenvalue weighted by atomic mass is 9.85. The molecule has 0 saturated heterocycles. The average Bonchev–Trinajstić information content (AvgIpc) is 3.27. The Morgan fingerprint density at radius 2 is 0.922 bits per heavy atom. The third kappa shape index (κ3) is 30.9. The van der Waals surface area contributed by atoms with Crippen molar-refractivity contribution in [2.45, 2.75) is 281 Å². The van der Waals surface area contributed by atoms with Crippen LogP contribution in [0.5, 0.6) is 0 Å². The van der Waals surface area contributed by atoms with Crippen LogP contribution in [-0.4, -0.2) is 108 Å². The van der Waals surface area contributed by atoms with Gasteiger partial charge in [0, 0.05) is 0 Å². The molecule has 0 radical (unpaired) electrons. The van der Waals surface area contributed by atoms with Gasteiger partial charge in [-0.25, -0.2) is 4.57 Å². The molecule has 14 heteroatoms. The molecule has 1 fully saturated rings. The maximum atomic E-state index is 13.0. The fraction of sp³-hybridized carbons (Fsp3) is 0.900. The zero-order valence-electron chi connectivity index (χ0n) is 40.2. The number of nitrogens with one attached hydrogen (secondary N) is 1. The van der Waals surface area contributed by atoms with E-state index in [0.29, 0.717) is 12.8 Å². The molecule has 1 saturated carbocycles. The Balaban J connectivity index is 2.51. The fourth-order valence-corrected chi connectivity index (χ4v) is 9.28. The number of aliphatic hydroxyl groups excluding tert-OH is 7. The lowest BCUT2D eigenvalue weighted by Crippen LogP contribution is -2.64. The molecule has 0 aromatic heterocycles. The smallest absolute Gasteiger partial charge is 0.393 e. The molecular formula is C50H96NO12P. The van der Waals surface area contributed by atoms with Gasteiger partial charge in [0.15, 0.2) is 0 Å². The van der Waals surface area contributed by atoms with Crippen LogP contribution in [0, 0.1) is 0 Å². The molecule has 0 heterocycles. The van der Waals surface area contributed by atoms with Gasteiger partial charge in [0.25, 0.3) is 0 Å². The molecule has 0 aromatic rings. The van der Waals surface area contributed by atoms with Gasteiger partial charge >= 0.3 is 7.82 Å². The van der Waals surface area contributed by atoms with Gasteiger partial charge in [-0.1, -0.05) is 212 Å². The predicted molar refractivity (Wildman–Crippen MR) is 257 cm³/mol. The molecule has 0 bridgehead atoms. The Hall–Kier alpha value is -1.22. The van der Waals surface area contributed by atoms with E-state index in [1.807, 2.05) is 0 Å². The first-order chi connectivity index (χ1) is 30.8. The van der Waals surface area contributed by atoms with Crippen LogP contribution in [0.2, 0.25) is 0 Å². The summed E-state index contributed by atoms with van der Waals surface area (Å²) in [5.41, 5.74) is 0. The summed E-state index contributed by atoms with van der Waals surface area (Å²) in [5, 5.41) is 74.6. The molecule has 0 aliphatic heterocycles. The van der Waals surface area contributed by atoms with Gasteiger partial charge in [0.1, 0.15) is 36.6 Å². The molecular weight excluding hydrogens is 838 g/mol. The first kappa shape index (κ1) is 60.8. The van der Waals surface area contributed by atoms with Crippen molar-refractivity contribution < 1.29 is 59.0 Å². The molecule has 13 nitrogen and oxygen atoms in total. The number of amides is 1. The number of phosphoric ester groups is 1. The number of hydrogen-bond donors (Lipinski definition) is 9. The third-order valence-electron chi connectivity index (χ3n) is 12.5. The van der Waals surface area contributed by atoms with Crippen molar-refractivity contribution in [3.8, 4) is 0 Å². The first-order valence-corrected chi connectivity index (χ1v) is 27.4. The van der Waals surface area contributed by atoms with Crippen LogP contribution >= 0.6 is 7.82 Å². The van der Waals surface area contributed by atoms with Crippen LogP contribution in [0.25, 0.3) is 0 Å². The van der Waals surface area contributed by atoms with Crippen LogP contribution in [0.4, 0.5) is 0 Å². The normalized spacial score (nSPS) is 22.8. The number of carbonyl (C=O) groups excluding carboxylic acids is 1. The topological polar surface area (TPSA) is 226 Å². The second kappa shape index (κ2) is 39.7. The van der Waals surface area contributed by atoms with Gasteiger partial charge < -0.3 is 46.0 Å². The molecule has 0 spiro atoms. The van der Waals surface area contributed by atoms with Crippen molar-refractivity contribution in [1.82, 2.24) is 5.32 Å². The largest absolute Gasteiger partial charge is 0.472 e. The summed E-state index contributed by atoms with van der Waals surface area (Å²) in [6.07, 6.45) is 31.2. The predicted octanol–water partition coefficient (Wildman–Crippen LogP) is 9.54. The van der Waals surface area contributed by atoms with Crippen molar-refractivity contribution in [2.24, 2.45) is 0 Å². The van der Waals surface area contributed by atoms with Crippen LogP contribution in [0.1, 0.15) is 226 Å². The van der Waals surface area contributed by atoms with E-state index in [9.17, 15) is 50.0 Å². The number of unbranched alkanes of at least 4 members (excludes halogenated alkanes) is 28. The van der Waals surface area contributed by atoms with Gasteiger partial charge in [-0.2, -0.15) is 0 Å². The van der Waals surface area contributed by atoms with Gasteiger partial charge in [-0.05, 0) is 32.1 Å². The highest BCUT2D eigenvalue weighted by molar-refractivity contribution is 7.47.